The lowest BCUT2D eigenvalue weighted by molar-refractivity contribution is -0.120. The predicted octanol–water partition coefficient (Wildman–Crippen LogP) is 1.85. The lowest BCUT2D eigenvalue weighted by Gasteiger charge is -2.27. The smallest absolute Gasteiger partial charge is 0.335 e. The van der Waals surface area contributed by atoms with Gasteiger partial charge in [-0.3, -0.25) is 4.79 Å². The molecule has 0 saturated carbocycles. The highest BCUT2D eigenvalue weighted by Crippen LogP contribution is 2.21. The quantitative estimate of drug-likeness (QED) is 0.789. The van der Waals surface area contributed by atoms with Crippen LogP contribution in [0, 0.1) is 11.7 Å². The fourth-order valence-corrected chi connectivity index (χ4v) is 2.35. The molecule has 1 aromatic carbocycles. The molecule has 1 aromatic rings. The van der Waals surface area contributed by atoms with Crippen molar-refractivity contribution in [2.45, 2.75) is 25.8 Å². The van der Waals surface area contributed by atoms with E-state index in [2.05, 4.69) is 10.6 Å². The molecule has 1 heterocycles. The van der Waals surface area contributed by atoms with E-state index < -0.39 is 11.8 Å². The number of hydrogen-bond acceptors (Lipinski definition) is 3. The van der Waals surface area contributed by atoms with E-state index in [0.717, 1.165) is 12.6 Å². The summed E-state index contributed by atoms with van der Waals surface area (Å²) < 4.78 is 13.7. The van der Waals surface area contributed by atoms with Crippen LogP contribution in [-0.2, 0) is 4.79 Å². The summed E-state index contributed by atoms with van der Waals surface area (Å²) in [5.74, 6) is -2.31. The summed E-state index contributed by atoms with van der Waals surface area (Å²) in [7, 11) is 0. The Hall–Kier alpha value is -1.95. The third kappa shape index (κ3) is 3.33. The van der Waals surface area contributed by atoms with Gasteiger partial charge in [0.25, 0.3) is 0 Å². The molecule has 20 heavy (non-hydrogen) atoms. The topological polar surface area (TPSA) is 78.4 Å². The van der Waals surface area contributed by atoms with Gasteiger partial charge in [0.1, 0.15) is 5.82 Å². The van der Waals surface area contributed by atoms with Gasteiger partial charge in [0.15, 0.2) is 0 Å². The Morgan fingerprint density at radius 1 is 1.45 bits per heavy atom. The number of aromatic carboxylic acids is 1. The molecule has 1 aliphatic rings. The molecule has 2 atom stereocenters. The Balaban J connectivity index is 2.06. The third-order valence-electron chi connectivity index (χ3n) is 3.47. The van der Waals surface area contributed by atoms with Crippen LogP contribution in [0.15, 0.2) is 18.2 Å². The highest BCUT2D eigenvalue weighted by atomic mass is 19.1. The number of hydrogen-bond donors (Lipinski definition) is 3. The van der Waals surface area contributed by atoms with Crippen molar-refractivity contribution >= 4 is 17.6 Å². The molecule has 1 saturated heterocycles. The second-order valence-electron chi connectivity index (χ2n) is 5.07. The maximum absolute atomic E-state index is 13.7. The fraction of sp³-hybridized carbons (Fsp3) is 0.429. The molecular formula is C14H17FN2O3. The Morgan fingerprint density at radius 3 is 2.80 bits per heavy atom. The number of piperidine rings is 1. The molecule has 1 amide bonds. The van der Waals surface area contributed by atoms with Crippen molar-refractivity contribution < 1.29 is 19.1 Å². The van der Waals surface area contributed by atoms with Crippen molar-refractivity contribution in [1.82, 2.24) is 5.32 Å². The van der Waals surface area contributed by atoms with Crippen molar-refractivity contribution in [2.75, 3.05) is 11.9 Å². The number of anilines is 1. The van der Waals surface area contributed by atoms with Gasteiger partial charge in [-0.05, 0) is 44.5 Å². The number of carbonyl (C=O) groups is 2. The Kier molecular flexibility index (Phi) is 4.34. The summed E-state index contributed by atoms with van der Waals surface area (Å²) in [6, 6.07) is 3.72. The number of carboxylic acid groups (broad SMARTS) is 1. The maximum Gasteiger partial charge on any atom is 0.335 e. The van der Waals surface area contributed by atoms with Crippen LogP contribution >= 0.6 is 0 Å². The molecule has 0 aliphatic carbocycles. The number of carbonyl (C=O) groups excluding carboxylic acids is 1. The van der Waals surface area contributed by atoms with E-state index in [1.54, 1.807) is 0 Å². The van der Waals surface area contributed by atoms with Gasteiger partial charge in [-0.25, -0.2) is 9.18 Å². The first-order valence-corrected chi connectivity index (χ1v) is 6.54. The molecule has 5 nitrogen and oxygen atoms in total. The first-order chi connectivity index (χ1) is 9.47. The molecule has 0 spiro atoms. The number of rotatable bonds is 3. The monoisotopic (exact) mass is 280 g/mol. The van der Waals surface area contributed by atoms with Gasteiger partial charge in [-0.2, -0.15) is 0 Å². The van der Waals surface area contributed by atoms with Crippen molar-refractivity contribution in [3.05, 3.63) is 29.6 Å². The lowest BCUT2D eigenvalue weighted by atomic mass is 9.92. The second kappa shape index (κ2) is 6.00. The molecule has 0 aromatic heterocycles. The summed E-state index contributed by atoms with van der Waals surface area (Å²) in [6.07, 6.45) is 1.42. The molecule has 6 heteroatoms. The average molecular weight is 280 g/mol. The van der Waals surface area contributed by atoms with Crippen LogP contribution in [0.2, 0.25) is 0 Å². The molecule has 2 unspecified atom stereocenters. The number of carboxylic acids is 1. The SMILES string of the molecule is CC1CC(C(=O)Nc2ccc(C(=O)O)cc2F)CCN1. The first kappa shape index (κ1) is 14.5. The largest absolute Gasteiger partial charge is 0.478 e. The number of nitrogens with one attached hydrogen (secondary N) is 2. The number of halogens is 1. The van der Waals surface area contributed by atoms with Crippen molar-refractivity contribution in [3.63, 3.8) is 0 Å². The van der Waals surface area contributed by atoms with Gasteiger partial charge in [0, 0.05) is 12.0 Å². The maximum atomic E-state index is 13.7. The van der Waals surface area contributed by atoms with Crippen molar-refractivity contribution in [3.8, 4) is 0 Å². The average Bonchev–Trinajstić information content (AvgIpc) is 2.40. The van der Waals surface area contributed by atoms with Crippen LogP contribution in [-0.4, -0.2) is 29.6 Å². The second-order valence-corrected chi connectivity index (χ2v) is 5.07. The minimum Gasteiger partial charge on any atom is -0.478 e. The summed E-state index contributed by atoms with van der Waals surface area (Å²) >= 11 is 0. The van der Waals surface area contributed by atoms with E-state index in [9.17, 15) is 14.0 Å². The zero-order valence-electron chi connectivity index (χ0n) is 11.1. The summed E-state index contributed by atoms with van der Waals surface area (Å²) in [5.41, 5.74) is -0.123. The summed E-state index contributed by atoms with van der Waals surface area (Å²) in [4.78, 5) is 22.8. The minimum absolute atomic E-state index is 0.0196. The van der Waals surface area contributed by atoms with Gasteiger partial charge in [-0.15, -0.1) is 0 Å². The molecule has 108 valence electrons. The van der Waals surface area contributed by atoms with Crippen LogP contribution in [0.3, 0.4) is 0 Å². The highest BCUT2D eigenvalue weighted by molar-refractivity contribution is 5.94. The van der Waals surface area contributed by atoms with Crippen LogP contribution in [0.5, 0.6) is 0 Å². The Bertz CT molecular complexity index is 533. The summed E-state index contributed by atoms with van der Waals surface area (Å²) in [6.45, 7) is 2.77. The van der Waals surface area contributed by atoms with Gasteiger partial charge in [0.2, 0.25) is 5.91 Å². The van der Waals surface area contributed by atoms with Gasteiger partial charge in [0.05, 0.1) is 11.3 Å². The first-order valence-electron chi connectivity index (χ1n) is 6.54. The molecule has 3 N–H and O–H groups in total. The third-order valence-corrected chi connectivity index (χ3v) is 3.47. The molecule has 1 fully saturated rings. The molecule has 1 aliphatic heterocycles. The standard InChI is InChI=1S/C14H17FN2O3/c1-8-6-9(4-5-16-8)13(18)17-12-3-2-10(14(19)20)7-11(12)15/h2-3,7-9,16H,4-6H2,1H3,(H,17,18)(H,19,20). The Labute approximate surface area is 116 Å². The molecular weight excluding hydrogens is 263 g/mol. The molecule has 0 bridgehead atoms. The zero-order chi connectivity index (χ0) is 14.7. The van der Waals surface area contributed by atoms with E-state index in [-0.39, 0.29) is 29.1 Å². The molecule has 2 rings (SSSR count). The van der Waals surface area contributed by atoms with Crippen LogP contribution in [0.4, 0.5) is 10.1 Å². The fourth-order valence-electron chi connectivity index (χ4n) is 2.35. The Morgan fingerprint density at radius 2 is 2.20 bits per heavy atom. The zero-order valence-corrected chi connectivity index (χ0v) is 11.1. The van der Waals surface area contributed by atoms with E-state index in [1.807, 2.05) is 6.92 Å². The van der Waals surface area contributed by atoms with E-state index in [1.165, 1.54) is 12.1 Å². The number of benzene rings is 1. The normalized spacial score (nSPS) is 22.3. The van der Waals surface area contributed by atoms with Crippen molar-refractivity contribution in [1.29, 1.82) is 0 Å². The summed E-state index contributed by atoms with van der Waals surface area (Å²) in [5, 5.41) is 14.5. The van der Waals surface area contributed by atoms with Gasteiger partial charge in [-0.1, -0.05) is 0 Å². The van der Waals surface area contributed by atoms with Crippen molar-refractivity contribution in [2.24, 2.45) is 5.92 Å². The van der Waals surface area contributed by atoms with Crippen LogP contribution in [0.1, 0.15) is 30.1 Å². The van der Waals surface area contributed by atoms with E-state index in [0.29, 0.717) is 12.8 Å². The van der Waals surface area contributed by atoms with Gasteiger partial charge < -0.3 is 15.7 Å². The van der Waals surface area contributed by atoms with Gasteiger partial charge >= 0.3 is 5.97 Å². The van der Waals surface area contributed by atoms with E-state index >= 15 is 0 Å². The number of amides is 1. The van der Waals surface area contributed by atoms with E-state index in [4.69, 9.17) is 5.11 Å². The minimum atomic E-state index is -1.20. The molecule has 0 radical (unpaired) electrons. The predicted molar refractivity (Wildman–Crippen MR) is 72.2 cm³/mol. The van der Waals surface area contributed by atoms with Crippen LogP contribution in [0.25, 0.3) is 0 Å². The van der Waals surface area contributed by atoms with Crippen LogP contribution < -0.4 is 10.6 Å². The lowest BCUT2D eigenvalue weighted by Crippen LogP contribution is -2.40. The highest BCUT2D eigenvalue weighted by Gasteiger charge is 2.25.